The summed E-state index contributed by atoms with van der Waals surface area (Å²) in [4.78, 5) is 22.2. The number of carboxylic acid groups (broad SMARTS) is 1. The van der Waals surface area contributed by atoms with Crippen LogP contribution in [0.15, 0.2) is 42.7 Å². The van der Waals surface area contributed by atoms with Crippen molar-refractivity contribution in [2.75, 3.05) is 5.32 Å². The van der Waals surface area contributed by atoms with E-state index < -0.39 is 5.97 Å². The van der Waals surface area contributed by atoms with E-state index in [9.17, 15) is 9.59 Å². The second kappa shape index (κ2) is 5.63. The summed E-state index contributed by atoms with van der Waals surface area (Å²) in [7, 11) is 0. The lowest BCUT2D eigenvalue weighted by Crippen LogP contribution is -2.06. The molecule has 0 unspecified atom stereocenters. The number of hydrogen-bond donors (Lipinski definition) is 3. The number of benzene rings is 1. The van der Waals surface area contributed by atoms with E-state index in [0.717, 1.165) is 5.56 Å². The molecule has 0 spiro atoms. The molecule has 3 N–H and O–H groups in total. The largest absolute Gasteiger partial charge is 0.478 e. The Labute approximate surface area is 108 Å². The van der Waals surface area contributed by atoms with Gasteiger partial charge in [0.15, 0.2) is 0 Å². The van der Waals surface area contributed by atoms with Crippen LogP contribution in [0.5, 0.6) is 0 Å². The number of rotatable bonds is 4. The molecule has 0 saturated heterocycles. The van der Waals surface area contributed by atoms with Gasteiger partial charge in [-0.1, -0.05) is 12.1 Å². The minimum absolute atomic E-state index is 0.208. The van der Waals surface area contributed by atoms with E-state index in [1.54, 1.807) is 24.4 Å². The number of carbonyl (C=O) groups is 2. The molecule has 19 heavy (non-hydrogen) atoms. The van der Waals surface area contributed by atoms with Crippen LogP contribution in [-0.2, 0) is 4.79 Å². The molecular formula is C13H11N3O3. The summed E-state index contributed by atoms with van der Waals surface area (Å²) in [6.45, 7) is 0. The Morgan fingerprint density at radius 1 is 1.26 bits per heavy atom. The second-order valence-corrected chi connectivity index (χ2v) is 3.74. The fourth-order valence-electron chi connectivity index (χ4n) is 1.41. The Morgan fingerprint density at radius 3 is 2.58 bits per heavy atom. The molecule has 1 amide bonds. The number of nitrogens with zero attached hydrogens (tertiary/aromatic N) is 1. The summed E-state index contributed by atoms with van der Waals surface area (Å²) in [5.41, 5.74) is 1.53. The number of anilines is 1. The molecule has 2 aromatic rings. The average molecular weight is 257 g/mol. The zero-order valence-electron chi connectivity index (χ0n) is 9.83. The van der Waals surface area contributed by atoms with Gasteiger partial charge < -0.3 is 10.4 Å². The molecule has 0 bridgehead atoms. The van der Waals surface area contributed by atoms with E-state index >= 15 is 0 Å². The molecule has 6 heteroatoms. The highest BCUT2D eigenvalue weighted by Crippen LogP contribution is 2.07. The zero-order valence-corrected chi connectivity index (χ0v) is 9.83. The SMILES string of the molecule is O=C(/C=C/c1ccc(C(=O)O)cc1)Nc1cn[nH]c1. The Morgan fingerprint density at radius 2 is 2.00 bits per heavy atom. The van der Waals surface area contributed by atoms with Gasteiger partial charge in [-0.3, -0.25) is 9.89 Å². The summed E-state index contributed by atoms with van der Waals surface area (Å²) in [6, 6.07) is 6.22. The zero-order chi connectivity index (χ0) is 13.7. The Balaban J connectivity index is 1.98. The van der Waals surface area contributed by atoms with Gasteiger partial charge in [0.25, 0.3) is 0 Å². The fraction of sp³-hybridized carbons (Fsp3) is 0. The molecule has 0 saturated carbocycles. The van der Waals surface area contributed by atoms with Crippen molar-refractivity contribution in [3.05, 3.63) is 53.9 Å². The van der Waals surface area contributed by atoms with Crippen molar-refractivity contribution in [2.24, 2.45) is 0 Å². The molecular weight excluding hydrogens is 246 g/mol. The monoisotopic (exact) mass is 257 g/mol. The molecule has 0 fully saturated rings. The third-order valence-electron chi connectivity index (χ3n) is 2.35. The first kappa shape index (κ1) is 12.6. The fourth-order valence-corrected chi connectivity index (χ4v) is 1.41. The lowest BCUT2D eigenvalue weighted by molar-refractivity contribution is -0.111. The van der Waals surface area contributed by atoms with E-state index in [-0.39, 0.29) is 11.5 Å². The van der Waals surface area contributed by atoms with Crippen molar-refractivity contribution in [1.82, 2.24) is 10.2 Å². The maximum Gasteiger partial charge on any atom is 0.335 e. The van der Waals surface area contributed by atoms with Crippen molar-refractivity contribution in [2.45, 2.75) is 0 Å². The second-order valence-electron chi connectivity index (χ2n) is 3.74. The molecule has 6 nitrogen and oxygen atoms in total. The molecule has 0 aliphatic rings. The van der Waals surface area contributed by atoms with E-state index in [4.69, 9.17) is 5.11 Å². The van der Waals surface area contributed by atoms with Crippen LogP contribution in [0.1, 0.15) is 15.9 Å². The van der Waals surface area contributed by atoms with Gasteiger partial charge in [0.1, 0.15) is 0 Å². The van der Waals surface area contributed by atoms with E-state index in [0.29, 0.717) is 5.69 Å². The maximum absolute atomic E-state index is 11.5. The minimum Gasteiger partial charge on any atom is -0.478 e. The predicted molar refractivity (Wildman–Crippen MR) is 69.7 cm³/mol. The van der Waals surface area contributed by atoms with Crippen LogP contribution in [0, 0.1) is 0 Å². The quantitative estimate of drug-likeness (QED) is 0.727. The number of nitrogens with one attached hydrogen (secondary N) is 2. The number of aromatic amines is 1. The smallest absolute Gasteiger partial charge is 0.335 e. The van der Waals surface area contributed by atoms with Crippen LogP contribution >= 0.6 is 0 Å². The summed E-state index contributed by atoms with van der Waals surface area (Å²) < 4.78 is 0. The number of aromatic nitrogens is 2. The summed E-state index contributed by atoms with van der Waals surface area (Å²) in [5, 5.41) is 17.6. The molecule has 1 aromatic carbocycles. The maximum atomic E-state index is 11.5. The van der Waals surface area contributed by atoms with Crippen molar-refractivity contribution in [3.8, 4) is 0 Å². The number of carbonyl (C=O) groups excluding carboxylic acids is 1. The number of H-pyrrole nitrogens is 1. The Hall–Kier alpha value is -2.89. The topological polar surface area (TPSA) is 95.1 Å². The first-order valence-corrected chi connectivity index (χ1v) is 5.46. The number of amides is 1. The van der Waals surface area contributed by atoms with Crippen LogP contribution in [0.25, 0.3) is 6.08 Å². The Bertz CT molecular complexity index is 601. The van der Waals surface area contributed by atoms with Gasteiger partial charge in [-0.25, -0.2) is 4.79 Å². The summed E-state index contributed by atoms with van der Waals surface area (Å²) in [6.07, 6.45) is 6.02. The minimum atomic E-state index is -0.978. The molecule has 0 atom stereocenters. The van der Waals surface area contributed by atoms with Crippen LogP contribution in [0.3, 0.4) is 0 Å². The molecule has 0 aliphatic heterocycles. The number of hydrogen-bond acceptors (Lipinski definition) is 3. The molecule has 2 rings (SSSR count). The van der Waals surface area contributed by atoms with E-state index in [1.165, 1.54) is 24.4 Å². The normalized spacial score (nSPS) is 10.5. The highest BCUT2D eigenvalue weighted by Gasteiger charge is 2.01. The number of carboxylic acids is 1. The van der Waals surface area contributed by atoms with Gasteiger partial charge >= 0.3 is 5.97 Å². The van der Waals surface area contributed by atoms with E-state index in [1.807, 2.05) is 0 Å². The van der Waals surface area contributed by atoms with Gasteiger partial charge in [0.2, 0.25) is 5.91 Å². The average Bonchev–Trinajstić information content (AvgIpc) is 2.89. The Kier molecular flexibility index (Phi) is 3.72. The molecule has 96 valence electrons. The number of aromatic carboxylic acids is 1. The van der Waals surface area contributed by atoms with Crippen molar-refractivity contribution >= 4 is 23.6 Å². The van der Waals surface area contributed by atoms with Crippen molar-refractivity contribution < 1.29 is 14.7 Å². The van der Waals surface area contributed by atoms with Crippen LogP contribution < -0.4 is 5.32 Å². The van der Waals surface area contributed by atoms with Gasteiger partial charge in [-0.05, 0) is 23.8 Å². The standard InChI is InChI=1S/C13H11N3O3/c17-12(16-11-7-14-15-8-11)6-3-9-1-4-10(5-2-9)13(18)19/h1-8H,(H,14,15)(H,16,17)(H,18,19)/b6-3+. The van der Waals surface area contributed by atoms with E-state index in [2.05, 4.69) is 15.5 Å². The lowest BCUT2D eigenvalue weighted by atomic mass is 10.1. The first-order chi connectivity index (χ1) is 9.15. The van der Waals surface area contributed by atoms with Crippen LogP contribution in [0.2, 0.25) is 0 Å². The molecule has 0 radical (unpaired) electrons. The van der Waals surface area contributed by atoms with Crippen molar-refractivity contribution in [1.29, 1.82) is 0 Å². The third kappa shape index (κ3) is 3.53. The van der Waals surface area contributed by atoms with Gasteiger partial charge in [0.05, 0.1) is 17.4 Å². The molecule has 0 aliphatic carbocycles. The predicted octanol–water partition coefficient (Wildman–Crippen LogP) is 1.76. The van der Waals surface area contributed by atoms with Crippen molar-refractivity contribution in [3.63, 3.8) is 0 Å². The molecule has 1 heterocycles. The summed E-state index contributed by atoms with van der Waals surface area (Å²) >= 11 is 0. The highest BCUT2D eigenvalue weighted by atomic mass is 16.4. The van der Waals surface area contributed by atoms with Gasteiger partial charge in [0, 0.05) is 12.3 Å². The third-order valence-corrected chi connectivity index (χ3v) is 2.35. The van der Waals surface area contributed by atoms with Gasteiger partial charge in [-0.15, -0.1) is 0 Å². The van der Waals surface area contributed by atoms with Crippen LogP contribution in [-0.4, -0.2) is 27.2 Å². The first-order valence-electron chi connectivity index (χ1n) is 5.46. The highest BCUT2D eigenvalue weighted by molar-refractivity contribution is 6.01. The van der Waals surface area contributed by atoms with Gasteiger partial charge in [-0.2, -0.15) is 5.10 Å². The molecule has 1 aromatic heterocycles. The summed E-state index contributed by atoms with van der Waals surface area (Å²) in [5.74, 6) is -1.27. The van der Waals surface area contributed by atoms with Crippen LogP contribution in [0.4, 0.5) is 5.69 Å². The lowest BCUT2D eigenvalue weighted by Gasteiger charge is -1.97.